The smallest absolute Gasteiger partial charge is 0.252 e. The summed E-state index contributed by atoms with van der Waals surface area (Å²) >= 11 is 0. The van der Waals surface area contributed by atoms with E-state index in [1.807, 2.05) is 12.1 Å². The normalized spacial score (nSPS) is 9.45. The van der Waals surface area contributed by atoms with Crippen LogP contribution in [0.25, 0.3) is 0 Å². The summed E-state index contributed by atoms with van der Waals surface area (Å²) in [5.41, 5.74) is 1.84. The Kier molecular flexibility index (Phi) is 4.81. The molecule has 0 atom stereocenters. The molecule has 0 aromatic carbocycles. The lowest BCUT2D eigenvalue weighted by Crippen LogP contribution is -2.23. The highest BCUT2D eigenvalue weighted by Crippen LogP contribution is 2.06. The summed E-state index contributed by atoms with van der Waals surface area (Å²) in [4.78, 5) is 20.0. The number of carbonyl (C=O) groups excluding carboxylic acids is 1. The number of amides is 1. The van der Waals surface area contributed by atoms with E-state index in [1.54, 1.807) is 18.5 Å². The minimum absolute atomic E-state index is 0.238. The molecule has 100 valence electrons. The minimum Gasteiger partial charge on any atom is -0.384 e. The lowest BCUT2D eigenvalue weighted by molar-refractivity contribution is 0.0950. The molecule has 5 nitrogen and oxygen atoms in total. The molecule has 2 N–H and O–H groups in total. The van der Waals surface area contributed by atoms with Crippen molar-refractivity contribution in [3.63, 3.8) is 0 Å². The molecule has 0 aliphatic rings. The molecule has 5 heteroatoms. The summed E-state index contributed by atoms with van der Waals surface area (Å²) in [5.74, 6) is 4.98. The highest BCUT2D eigenvalue weighted by Gasteiger charge is 2.09. The number of nitrogens with zero attached hydrogens (tertiary/aromatic N) is 2. The van der Waals surface area contributed by atoms with E-state index in [9.17, 15) is 4.79 Å². The Labute approximate surface area is 116 Å². The average molecular weight is 267 g/mol. The molecule has 0 saturated carbocycles. The molecule has 0 unspecified atom stereocenters. The quantitative estimate of drug-likeness (QED) is 0.805. The molecule has 0 radical (unpaired) electrons. The Balaban J connectivity index is 2.09. The van der Waals surface area contributed by atoms with Crippen LogP contribution in [-0.4, -0.2) is 27.6 Å². The van der Waals surface area contributed by atoms with Crippen molar-refractivity contribution in [1.82, 2.24) is 15.3 Å². The molecule has 2 aromatic heterocycles. The van der Waals surface area contributed by atoms with Gasteiger partial charge in [-0.25, -0.2) is 0 Å². The molecular formula is C15H13N3O2. The Morgan fingerprint density at radius 3 is 2.85 bits per heavy atom. The van der Waals surface area contributed by atoms with Gasteiger partial charge in [0.05, 0.1) is 11.1 Å². The van der Waals surface area contributed by atoms with Crippen LogP contribution in [0.4, 0.5) is 0 Å². The monoisotopic (exact) mass is 267 g/mol. The van der Waals surface area contributed by atoms with Crippen LogP contribution in [0.2, 0.25) is 0 Å². The van der Waals surface area contributed by atoms with Gasteiger partial charge in [-0.05, 0) is 17.7 Å². The first-order valence-corrected chi connectivity index (χ1v) is 6.02. The Bertz CT molecular complexity index is 645. The van der Waals surface area contributed by atoms with E-state index in [0.29, 0.717) is 17.7 Å². The molecule has 0 saturated heterocycles. The van der Waals surface area contributed by atoms with E-state index < -0.39 is 0 Å². The number of nitrogens with one attached hydrogen (secondary N) is 1. The molecule has 0 bridgehead atoms. The van der Waals surface area contributed by atoms with Crippen molar-refractivity contribution in [1.29, 1.82) is 0 Å². The Hall–Kier alpha value is -2.71. The predicted octanol–water partition coefficient (Wildman–Crippen LogP) is 0.750. The van der Waals surface area contributed by atoms with Crippen molar-refractivity contribution in [3.05, 3.63) is 59.7 Å². The van der Waals surface area contributed by atoms with Crippen LogP contribution in [0.5, 0.6) is 0 Å². The predicted molar refractivity (Wildman–Crippen MR) is 73.6 cm³/mol. The summed E-state index contributed by atoms with van der Waals surface area (Å²) in [6.45, 7) is 0.132. The zero-order valence-corrected chi connectivity index (χ0v) is 10.7. The second-order valence-corrected chi connectivity index (χ2v) is 3.93. The summed E-state index contributed by atoms with van der Waals surface area (Å²) in [7, 11) is 0. The standard InChI is InChI=1S/C15H13N3O2/c19-8-2-4-13-11-17-7-5-14(13)15(20)18-10-12-3-1-6-16-9-12/h1,3,5-7,9,11,19H,8,10H2,(H,18,20). The lowest BCUT2D eigenvalue weighted by Gasteiger charge is -2.06. The second kappa shape index (κ2) is 7.02. The molecule has 0 spiro atoms. The maximum absolute atomic E-state index is 12.1. The van der Waals surface area contributed by atoms with E-state index in [-0.39, 0.29) is 12.5 Å². The summed E-state index contributed by atoms with van der Waals surface area (Å²) in [6, 6.07) is 5.29. The van der Waals surface area contributed by atoms with E-state index >= 15 is 0 Å². The molecule has 2 aromatic rings. The molecular weight excluding hydrogens is 254 g/mol. The van der Waals surface area contributed by atoms with Crippen molar-refractivity contribution in [2.24, 2.45) is 0 Å². The number of pyridine rings is 2. The van der Waals surface area contributed by atoms with Crippen LogP contribution >= 0.6 is 0 Å². The average Bonchev–Trinajstić information content (AvgIpc) is 2.52. The van der Waals surface area contributed by atoms with E-state index in [0.717, 1.165) is 5.56 Å². The number of aliphatic hydroxyl groups excluding tert-OH is 1. The number of hydrogen-bond acceptors (Lipinski definition) is 4. The Morgan fingerprint density at radius 1 is 1.25 bits per heavy atom. The van der Waals surface area contributed by atoms with Gasteiger partial charge in [0.25, 0.3) is 5.91 Å². The first kappa shape index (κ1) is 13.7. The van der Waals surface area contributed by atoms with Gasteiger partial charge < -0.3 is 10.4 Å². The fraction of sp³-hybridized carbons (Fsp3) is 0.133. The first-order valence-electron chi connectivity index (χ1n) is 6.02. The summed E-state index contributed by atoms with van der Waals surface area (Å²) in [6.07, 6.45) is 6.40. The third kappa shape index (κ3) is 3.64. The maximum atomic E-state index is 12.1. The highest BCUT2D eigenvalue weighted by molar-refractivity contribution is 5.96. The van der Waals surface area contributed by atoms with Crippen LogP contribution in [0.15, 0.2) is 43.0 Å². The van der Waals surface area contributed by atoms with Crippen LogP contribution < -0.4 is 5.32 Å². The molecule has 0 aliphatic heterocycles. The molecule has 2 heterocycles. The van der Waals surface area contributed by atoms with Crippen molar-refractivity contribution in [2.75, 3.05) is 6.61 Å². The zero-order chi connectivity index (χ0) is 14.2. The third-order valence-corrected chi connectivity index (χ3v) is 2.54. The molecule has 0 fully saturated rings. The Morgan fingerprint density at radius 2 is 2.10 bits per heavy atom. The van der Waals surface area contributed by atoms with E-state index in [1.165, 1.54) is 12.4 Å². The zero-order valence-electron chi connectivity index (χ0n) is 10.7. The van der Waals surface area contributed by atoms with Crippen molar-refractivity contribution >= 4 is 5.91 Å². The fourth-order valence-corrected chi connectivity index (χ4v) is 1.61. The van der Waals surface area contributed by atoms with Crippen LogP contribution in [0.3, 0.4) is 0 Å². The number of aliphatic hydroxyl groups is 1. The van der Waals surface area contributed by atoms with Gasteiger partial charge in [-0.1, -0.05) is 17.9 Å². The van der Waals surface area contributed by atoms with Gasteiger partial charge in [0.2, 0.25) is 0 Å². The number of carbonyl (C=O) groups is 1. The number of hydrogen-bond donors (Lipinski definition) is 2. The topological polar surface area (TPSA) is 75.1 Å². The summed E-state index contributed by atoms with van der Waals surface area (Å²) in [5, 5.41) is 11.5. The van der Waals surface area contributed by atoms with Gasteiger partial charge in [0.15, 0.2) is 0 Å². The van der Waals surface area contributed by atoms with E-state index in [2.05, 4.69) is 27.1 Å². The summed E-state index contributed by atoms with van der Waals surface area (Å²) < 4.78 is 0. The molecule has 2 rings (SSSR count). The molecule has 1 amide bonds. The van der Waals surface area contributed by atoms with Crippen molar-refractivity contribution < 1.29 is 9.90 Å². The minimum atomic E-state index is -0.258. The van der Waals surface area contributed by atoms with Crippen LogP contribution in [0.1, 0.15) is 21.5 Å². The van der Waals surface area contributed by atoms with Crippen LogP contribution in [0, 0.1) is 11.8 Å². The second-order valence-electron chi connectivity index (χ2n) is 3.93. The van der Waals surface area contributed by atoms with Crippen LogP contribution in [-0.2, 0) is 6.54 Å². The lowest BCUT2D eigenvalue weighted by atomic mass is 10.1. The molecule has 20 heavy (non-hydrogen) atoms. The number of aromatic nitrogens is 2. The number of rotatable bonds is 3. The van der Waals surface area contributed by atoms with E-state index in [4.69, 9.17) is 5.11 Å². The maximum Gasteiger partial charge on any atom is 0.252 e. The molecule has 0 aliphatic carbocycles. The fourth-order valence-electron chi connectivity index (χ4n) is 1.61. The van der Waals surface area contributed by atoms with Gasteiger partial charge in [0.1, 0.15) is 6.61 Å². The van der Waals surface area contributed by atoms with Gasteiger partial charge >= 0.3 is 0 Å². The van der Waals surface area contributed by atoms with Crippen molar-refractivity contribution in [3.8, 4) is 11.8 Å². The largest absolute Gasteiger partial charge is 0.384 e. The van der Waals surface area contributed by atoms with Gasteiger partial charge in [-0.2, -0.15) is 0 Å². The SMILES string of the molecule is O=C(NCc1cccnc1)c1ccncc1C#CCO. The van der Waals surface area contributed by atoms with Gasteiger partial charge in [-0.3, -0.25) is 14.8 Å². The van der Waals surface area contributed by atoms with Crippen molar-refractivity contribution in [2.45, 2.75) is 6.54 Å². The first-order chi connectivity index (χ1) is 9.81. The third-order valence-electron chi connectivity index (χ3n) is 2.54. The van der Waals surface area contributed by atoms with Gasteiger partial charge in [-0.15, -0.1) is 0 Å². The van der Waals surface area contributed by atoms with Gasteiger partial charge in [0, 0.05) is 31.3 Å². The highest BCUT2D eigenvalue weighted by atomic mass is 16.2.